The second-order valence-corrected chi connectivity index (χ2v) is 4.23. The molecule has 2 aromatic rings. The Morgan fingerprint density at radius 1 is 1.40 bits per heavy atom. The predicted molar refractivity (Wildman–Crippen MR) is 62.5 cm³/mol. The second kappa shape index (κ2) is 4.53. The minimum atomic E-state index is 0.0312. The number of hydrogen-bond acceptors (Lipinski definition) is 4. The largest absolute Gasteiger partial charge is 0.271 e. The SMILES string of the molecule is Cc1cncc(C(NN)c2ccsc2)c1. The van der Waals surface area contributed by atoms with E-state index in [1.807, 2.05) is 24.7 Å². The smallest absolute Gasteiger partial charge is 0.0733 e. The van der Waals surface area contributed by atoms with Gasteiger partial charge in [0.25, 0.3) is 0 Å². The van der Waals surface area contributed by atoms with Crippen molar-refractivity contribution in [3.05, 3.63) is 52.0 Å². The van der Waals surface area contributed by atoms with Crippen molar-refractivity contribution in [1.82, 2.24) is 10.4 Å². The standard InChI is InChI=1S/C11H13N3S/c1-8-4-10(6-13-5-8)11(14-12)9-2-3-15-7-9/h2-7,11,14H,12H2,1H3. The first kappa shape index (κ1) is 10.3. The molecule has 78 valence electrons. The van der Waals surface area contributed by atoms with Crippen molar-refractivity contribution in [2.45, 2.75) is 13.0 Å². The third kappa shape index (κ3) is 2.23. The molecule has 2 aromatic heterocycles. The molecule has 0 saturated carbocycles. The number of thiophene rings is 1. The van der Waals surface area contributed by atoms with Crippen LogP contribution in [0.3, 0.4) is 0 Å². The molecule has 0 aromatic carbocycles. The van der Waals surface area contributed by atoms with Crippen LogP contribution in [0.1, 0.15) is 22.7 Å². The Morgan fingerprint density at radius 2 is 2.27 bits per heavy atom. The Hall–Kier alpha value is -1.23. The third-order valence-corrected chi connectivity index (χ3v) is 2.97. The number of hydrazine groups is 1. The van der Waals surface area contributed by atoms with E-state index in [1.54, 1.807) is 11.3 Å². The van der Waals surface area contributed by atoms with Gasteiger partial charge in [-0.2, -0.15) is 11.3 Å². The molecule has 0 bridgehead atoms. The lowest BCUT2D eigenvalue weighted by Gasteiger charge is -2.14. The van der Waals surface area contributed by atoms with E-state index in [0.717, 1.165) is 11.1 Å². The number of pyridine rings is 1. The van der Waals surface area contributed by atoms with Crippen LogP contribution >= 0.6 is 11.3 Å². The van der Waals surface area contributed by atoms with Crippen molar-refractivity contribution >= 4 is 11.3 Å². The normalized spacial score (nSPS) is 12.7. The molecule has 0 aliphatic carbocycles. The molecule has 1 unspecified atom stereocenters. The number of nitrogens with one attached hydrogen (secondary N) is 1. The van der Waals surface area contributed by atoms with E-state index < -0.39 is 0 Å². The molecule has 0 amide bonds. The lowest BCUT2D eigenvalue weighted by atomic mass is 10.0. The quantitative estimate of drug-likeness (QED) is 0.613. The number of aromatic nitrogens is 1. The summed E-state index contributed by atoms with van der Waals surface area (Å²) in [4.78, 5) is 4.17. The first-order valence-corrected chi connectivity index (χ1v) is 5.65. The van der Waals surface area contributed by atoms with Crippen LogP contribution in [-0.4, -0.2) is 4.98 Å². The minimum absolute atomic E-state index is 0.0312. The Morgan fingerprint density at radius 3 is 2.87 bits per heavy atom. The van der Waals surface area contributed by atoms with Gasteiger partial charge in [-0.1, -0.05) is 6.07 Å². The van der Waals surface area contributed by atoms with Gasteiger partial charge in [-0.3, -0.25) is 10.8 Å². The number of aryl methyl sites for hydroxylation is 1. The molecular formula is C11H13N3S. The second-order valence-electron chi connectivity index (χ2n) is 3.45. The molecule has 0 fully saturated rings. The Labute approximate surface area is 92.9 Å². The molecular weight excluding hydrogens is 206 g/mol. The number of nitrogens with two attached hydrogens (primary N) is 1. The number of hydrogen-bond donors (Lipinski definition) is 2. The summed E-state index contributed by atoms with van der Waals surface area (Å²) in [7, 11) is 0. The van der Waals surface area contributed by atoms with Crippen LogP contribution in [0.15, 0.2) is 35.3 Å². The van der Waals surface area contributed by atoms with Crippen LogP contribution in [0.2, 0.25) is 0 Å². The van der Waals surface area contributed by atoms with Gasteiger partial charge in [0.05, 0.1) is 6.04 Å². The van der Waals surface area contributed by atoms with E-state index in [2.05, 4.69) is 27.9 Å². The van der Waals surface area contributed by atoms with Gasteiger partial charge in [0.1, 0.15) is 0 Å². The predicted octanol–water partition coefficient (Wildman–Crippen LogP) is 2.00. The maximum absolute atomic E-state index is 5.57. The summed E-state index contributed by atoms with van der Waals surface area (Å²) in [6, 6.07) is 4.19. The highest BCUT2D eigenvalue weighted by molar-refractivity contribution is 7.08. The fourth-order valence-electron chi connectivity index (χ4n) is 1.56. The Bertz CT molecular complexity index is 425. The van der Waals surface area contributed by atoms with Crippen LogP contribution in [0.25, 0.3) is 0 Å². The van der Waals surface area contributed by atoms with Gasteiger partial charge in [-0.05, 0) is 40.4 Å². The van der Waals surface area contributed by atoms with Crippen LogP contribution in [-0.2, 0) is 0 Å². The monoisotopic (exact) mass is 219 g/mol. The highest BCUT2D eigenvalue weighted by Crippen LogP contribution is 2.23. The molecule has 0 radical (unpaired) electrons. The van der Waals surface area contributed by atoms with Crippen molar-refractivity contribution in [3.63, 3.8) is 0 Å². The Balaban J connectivity index is 2.35. The first-order chi connectivity index (χ1) is 7.31. The highest BCUT2D eigenvalue weighted by Gasteiger charge is 2.12. The molecule has 15 heavy (non-hydrogen) atoms. The van der Waals surface area contributed by atoms with E-state index in [-0.39, 0.29) is 6.04 Å². The average Bonchev–Trinajstić information content (AvgIpc) is 2.72. The zero-order chi connectivity index (χ0) is 10.7. The van der Waals surface area contributed by atoms with Crippen molar-refractivity contribution in [2.24, 2.45) is 5.84 Å². The summed E-state index contributed by atoms with van der Waals surface area (Å²) in [6.07, 6.45) is 3.68. The molecule has 4 heteroatoms. The molecule has 0 aliphatic rings. The molecule has 2 heterocycles. The van der Waals surface area contributed by atoms with Crippen LogP contribution in [0.5, 0.6) is 0 Å². The zero-order valence-electron chi connectivity index (χ0n) is 8.47. The van der Waals surface area contributed by atoms with Gasteiger partial charge in [-0.15, -0.1) is 0 Å². The summed E-state index contributed by atoms with van der Waals surface area (Å²) < 4.78 is 0. The molecule has 3 nitrogen and oxygen atoms in total. The van der Waals surface area contributed by atoms with Gasteiger partial charge in [0.2, 0.25) is 0 Å². The van der Waals surface area contributed by atoms with Crippen molar-refractivity contribution < 1.29 is 0 Å². The van der Waals surface area contributed by atoms with E-state index in [1.165, 1.54) is 5.56 Å². The first-order valence-electron chi connectivity index (χ1n) is 4.71. The molecule has 1 atom stereocenters. The lowest BCUT2D eigenvalue weighted by Crippen LogP contribution is -2.28. The maximum atomic E-state index is 5.57. The summed E-state index contributed by atoms with van der Waals surface area (Å²) in [6.45, 7) is 2.03. The van der Waals surface area contributed by atoms with E-state index in [0.29, 0.717) is 0 Å². The summed E-state index contributed by atoms with van der Waals surface area (Å²) >= 11 is 1.67. The average molecular weight is 219 g/mol. The fraction of sp³-hybridized carbons (Fsp3) is 0.182. The summed E-state index contributed by atoms with van der Waals surface area (Å²) in [5.74, 6) is 5.57. The van der Waals surface area contributed by atoms with E-state index in [9.17, 15) is 0 Å². The minimum Gasteiger partial charge on any atom is -0.271 e. The van der Waals surface area contributed by atoms with Gasteiger partial charge < -0.3 is 0 Å². The van der Waals surface area contributed by atoms with Crippen LogP contribution < -0.4 is 11.3 Å². The van der Waals surface area contributed by atoms with E-state index in [4.69, 9.17) is 5.84 Å². The topological polar surface area (TPSA) is 50.9 Å². The molecule has 0 aliphatic heterocycles. The Kier molecular flexibility index (Phi) is 3.11. The molecule has 3 N–H and O–H groups in total. The van der Waals surface area contributed by atoms with Crippen LogP contribution in [0.4, 0.5) is 0 Å². The van der Waals surface area contributed by atoms with Gasteiger partial charge in [0.15, 0.2) is 0 Å². The maximum Gasteiger partial charge on any atom is 0.0733 e. The van der Waals surface area contributed by atoms with Gasteiger partial charge >= 0.3 is 0 Å². The third-order valence-electron chi connectivity index (χ3n) is 2.27. The lowest BCUT2D eigenvalue weighted by molar-refractivity contribution is 0.636. The van der Waals surface area contributed by atoms with Crippen molar-refractivity contribution in [1.29, 1.82) is 0 Å². The van der Waals surface area contributed by atoms with Crippen molar-refractivity contribution in [2.75, 3.05) is 0 Å². The van der Waals surface area contributed by atoms with Crippen molar-refractivity contribution in [3.8, 4) is 0 Å². The van der Waals surface area contributed by atoms with E-state index >= 15 is 0 Å². The summed E-state index contributed by atoms with van der Waals surface area (Å²) in [5.41, 5.74) is 6.23. The highest BCUT2D eigenvalue weighted by atomic mass is 32.1. The fourth-order valence-corrected chi connectivity index (χ4v) is 2.25. The zero-order valence-corrected chi connectivity index (χ0v) is 9.29. The molecule has 0 saturated heterocycles. The number of nitrogens with zero attached hydrogens (tertiary/aromatic N) is 1. The van der Waals surface area contributed by atoms with Gasteiger partial charge in [-0.25, -0.2) is 5.43 Å². The van der Waals surface area contributed by atoms with Crippen LogP contribution in [0, 0.1) is 6.92 Å². The van der Waals surface area contributed by atoms with Gasteiger partial charge in [0, 0.05) is 12.4 Å². The molecule has 0 spiro atoms. The number of rotatable bonds is 3. The molecule has 2 rings (SSSR count). The summed E-state index contributed by atoms with van der Waals surface area (Å²) in [5, 5.41) is 4.13.